The van der Waals surface area contributed by atoms with Gasteiger partial charge >= 0.3 is 0 Å². The van der Waals surface area contributed by atoms with Gasteiger partial charge in [-0.15, -0.1) is 0 Å². The van der Waals surface area contributed by atoms with Crippen molar-refractivity contribution in [3.63, 3.8) is 0 Å². The lowest BCUT2D eigenvalue weighted by Gasteiger charge is -2.09. The van der Waals surface area contributed by atoms with Gasteiger partial charge in [0.1, 0.15) is 5.71 Å². The number of fused-ring (bicyclic) bond motifs is 1. The standard InChI is InChI=1S/C18H23N5O2/c1-2-5-12-9-21-17-16(24)8-13(11-23(17)18(12)25)15(22-19)10-20-14-6-3-4-7-14/h8-11,14,24H,2-7,19H2,1H3. The Kier molecular flexibility index (Phi) is 5.11. The van der Waals surface area contributed by atoms with Crippen LogP contribution >= 0.6 is 0 Å². The van der Waals surface area contributed by atoms with Gasteiger partial charge in [0.15, 0.2) is 11.4 Å². The zero-order valence-electron chi connectivity index (χ0n) is 14.4. The molecule has 0 bridgehead atoms. The van der Waals surface area contributed by atoms with Crippen LogP contribution in [-0.2, 0) is 6.42 Å². The van der Waals surface area contributed by atoms with Crippen molar-refractivity contribution in [3.8, 4) is 5.75 Å². The molecule has 2 aromatic rings. The number of nitrogens with two attached hydrogens (primary N) is 1. The first-order chi connectivity index (χ1) is 12.1. The first-order valence-corrected chi connectivity index (χ1v) is 8.68. The summed E-state index contributed by atoms with van der Waals surface area (Å²) in [6.07, 6.45) is 10.8. The maximum absolute atomic E-state index is 12.6. The van der Waals surface area contributed by atoms with E-state index in [4.69, 9.17) is 5.84 Å². The molecule has 1 saturated carbocycles. The molecule has 25 heavy (non-hydrogen) atoms. The summed E-state index contributed by atoms with van der Waals surface area (Å²) in [5, 5.41) is 14.0. The van der Waals surface area contributed by atoms with Gasteiger partial charge in [-0.3, -0.25) is 14.2 Å². The maximum Gasteiger partial charge on any atom is 0.261 e. The first kappa shape index (κ1) is 17.1. The molecule has 132 valence electrons. The molecular weight excluding hydrogens is 318 g/mol. The predicted molar refractivity (Wildman–Crippen MR) is 98.6 cm³/mol. The fraction of sp³-hybridized carbons (Fsp3) is 0.444. The van der Waals surface area contributed by atoms with E-state index in [9.17, 15) is 9.90 Å². The largest absolute Gasteiger partial charge is 0.504 e. The van der Waals surface area contributed by atoms with E-state index in [-0.39, 0.29) is 17.0 Å². The average molecular weight is 341 g/mol. The molecule has 1 aliphatic carbocycles. The van der Waals surface area contributed by atoms with Crippen LogP contribution in [0.25, 0.3) is 5.65 Å². The molecular formula is C18H23N5O2. The van der Waals surface area contributed by atoms with Crippen LogP contribution in [0.5, 0.6) is 5.75 Å². The molecule has 1 aliphatic rings. The highest BCUT2D eigenvalue weighted by atomic mass is 16.3. The SMILES string of the molecule is CCCc1cnc2c(O)cc(C(C=NC3CCCC3)=NN)cn2c1=O. The molecule has 0 aromatic carbocycles. The number of aromatic nitrogens is 2. The van der Waals surface area contributed by atoms with E-state index >= 15 is 0 Å². The number of rotatable bonds is 5. The Hall–Kier alpha value is -2.70. The number of aryl methyl sites for hydroxylation is 1. The fourth-order valence-electron chi connectivity index (χ4n) is 3.20. The van der Waals surface area contributed by atoms with E-state index < -0.39 is 0 Å². The monoisotopic (exact) mass is 341 g/mol. The number of hydrogen-bond acceptors (Lipinski definition) is 6. The van der Waals surface area contributed by atoms with Crippen molar-refractivity contribution in [1.29, 1.82) is 0 Å². The Bertz CT molecular complexity index is 879. The maximum atomic E-state index is 12.6. The number of nitrogens with zero attached hydrogens (tertiary/aromatic N) is 4. The fourth-order valence-corrected chi connectivity index (χ4v) is 3.20. The number of hydrazone groups is 1. The van der Waals surface area contributed by atoms with Gasteiger partial charge in [-0.05, 0) is 25.3 Å². The van der Waals surface area contributed by atoms with Gasteiger partial charge in [0.2, 0.25) is 0 Å². The van der Waals surface area contributed by atoms with E-state index in [0.29, 0.717) is 29.3 Å². The molecule has 3 N–H and O–H groups in total. The Morgan fingerprint density at radius 2 is 2.24 bits per heavy atom. The minimum absolute atomic E-state index is 0.0898. The van der Waals surface area contributed by atoms with E-state index in [0.717, 1.165) is 19.3 Å². The Labute approximate surface area is 145 Å². The van der Waals surface area contributed by atoms with Crippen LogP contribution in [0.3, 0.4) is 0 Å². The van der Waals surface area contributed by atoms with Gasteiger partial charge in [0.25, 0.3) is 5.56 Å². The van der Waals surface area contributed by atoms with E-state index in [1.54, 1.807) is 12.4 Å². The summed E-state index contributed by atoms with van der Waals surface area (Å²) in [7, 11) is 0. The molecule has 2 heterocycles. The quantitative estimate of drug-likeness (QED) is 0.493. The third-order valence-electron chi connectivity index (χ3n) is 4.54. The summed E-state index contributed by atoms with van der Waals surface area (Å²) in [4.78, 5) is 21.3. The summed E-state index contributed by atoms with van der Waals surface area (Å²) in [6.45, 7) is 2.00. The van der Waals surface area contributed by atoms with Crippen LogP contribution in [0.2, 0.25) is 0 Å². The highest BCUT2D eigenvalue weighted by Crippen LogP contribution is 2.21. The van der Waals surface area contributed by atoms with Crippen molar-refractivity contribution in [2.45, 2.75) is 51.5 Å². The van der Waals surface area contributed by atoms with Gasteiger partial charge in [0.05, 0.1) is 6.04 Å². The molecule has 0 saturated heterocycles. The molecule has 0 radical (unpaired) electrons. The molecule has 0 unspecified atom stereocenters. The van der Waals surface area contributed by atoms with Crippen molar-refractivity contribution >= 4 is 17.6 Å². The van der Waals surface area contributed by atoms with E-state index in [1.165, 1.54) is 29.5 Å². The van der Waals surface area contributed by atoms with Gasteiger partial charge in [0, 0.05) is 29.7 Å². The Morgan fingerprint density at radius 1 is 1.48 bits per heavy atom. The molecule has 0 aliphatic heterocycles. The van der Waals surface area contributed by atoms with Crippen molar-refractivity contribution in [3.05, 3.63) is 39.9 Å². The van der Waals surface area contributed by atoms with Crippen molar-refractivity contribution in [1.82, 2.24) is 9.38 Å². The van der Waals surface area contributed by atoms with Gasteiger partial charge in [-0.2, -0.15) is 5.10 Å². The van der Waals surface area contributed by atoms with Gasteiger partial charge in [-0.25, -0.2) is 4.98 Å². The smallest absolute Gasteiger partial charge is 0.261 e. The van der Waals surface area contributed by atoms with Crippen molar-refractivity contribution in [2.24, 2.45) is 15.9 Å². The molecule has 7 nitrogen and oxygen atoms in total. The van der Waals surface area contributed by atoms with Gasteiger partial charge in [-0.1, -0.05) is 26.2 Å². The van der Waals surface area contributed by atoms with Crippen molar-refractivity contribution < 1.29 is 5.11 Å². The average Bonchev–Trinajstić information content (AvgIpc) is 3.12. The topological polar surface area (TPSA) is 105 Å². The molecule has 0 amide bonds. The molecule has 0 atom stereocenters. The van der Waals surface area contributed by atoms with E-state index in [1.807, 2.05) is 6.92 Å². The minimum atomic E-state index is -0.187. The zero-order chi connectivity index (χ0) is 17.8. The van der Waals surface area contributed by atoms with Crippen LogP contribution in [0.1, 0.15) is 50.2 Å². The second-order valence-electron chi connectivity index (χ2n) is 6.38. The Morgan fingerprint density at radius 3 is 2.92 bits per heavy atom. The zero-order valence-corrected chi connectivity index (χ0v) is 14.4. The van der Waals surface area contributed by atoms with Crippen molar-refractivity contribution in [2.75, 3.05) is 0 Å². The van der Waals surface area contributed by atoms with Gasteiger partial charge < -0.3 is 10.9 Å². The lowest BCUT2D eigenvalue weighted by atomic mass is 10.1. The second-order valence-corrected chi connectivity index (χ2v) is 6.38. The normalized spacial score (nSPS) is 16.3. The summed E-state index contributed by atoms with van der Waals surface area (Å²) in [5.74, 6) is 5.42. The molecule has 3 rings (SSSR count). The third-order valence-corrected chi connectivity index (χ3v) is 4.54. The number of hydrogen-bond donors (Lipinski definition) is 2. The molecule has 2 aromatic heterocycles. The molecule has 7 heteroatoms. The molecule has 1 fully saturated rings. The minimum Gasteiger partial charge on any atom is -0.504 e. The van der Waals surface area contributed by atoms with E-state index in [2.05, 4.69) is 15.1 Å². The van der Waals surface area contributed by atoms with Crippen LogP contribution in [0.15, 0.2) is 33.3 Å². The Balaban J connectivity index is 2.03. The summed E-state index contributed by atoms with van der Waals surface area (Å²) in [6, 6.07) is 1.81. The predicted octanol–water partition coefficient (Wildman–Crippen LogP) is 2.03. The summed E-state index contributed by atoms with van der Waals surface area (Å²) < 4.78 is 1.35. The number of pyridine rings is 1. The van der Waals surface area contributed by atoms with Crippen LogP contribution < -0.4 is 11.4 Å². The lowest BCUT2D eigenvalue weighted by molar-refractivity contribution is 0.476. The number of aromatic hydroxyl groups is 1. The highest BCUT2D eigenvalue weighted by Gasteiger charge is 2.15. The molecule has 0 spiro atoms. The summed E-state index contributed by atoms with van der Waals surface area (Å²) in [5.41, 5.74) is 1.61. The summed E-state index contributed by atoms with van der Waals surface area (Å²) >= 11 is 0. The second kappa shape index (κ2) is 7.46. The van der Waals surface area contributed by atoms with Crippen LogP contribution in [0, 0.1) is 0 Å². The van der Waals surface area contributed by atoms with Crippen LogP contribution in [-0.4, -0.2) is 32.5 Å². The number of aliphatic imine (C=N–C) groups is 1. The highest BCUT2D eigenvalue weighted by molar-refractivity contribution is 6.38. The van der Waals surface area contributed by atoms with Crippen LogP contribution in [0.4, 0.5) is 0 Å². The first-order valence-electron chi connectivity index (χ1n) is 8.68. The third kappa shape index (κ3) is 3.55. The lowest BCUT2D eigenvalue weighted by Crippen LogP contribution is -2.21.